The molecule has 4 heteroatoms. The summed E-state index contributed by atoms with van der Waals surface area (Å²) in [6.45, 7) is 1.51. The first-order valence-electron chi connectivity index (χ1n) is 5.33. The van der Waals surface area contributed by atoms with Gasteiger partial charge in [-0.25, -0.2) is 4.39 Å². The molecule has 88 valence electrons. The number of likely N-dealkylation sites (tertiary alicyclic amines) is 1. The molecular weight excluding hydrogens is 229 g/mol. The molecule has 0 aromatic heterocycles. The number of carbonyl (C=O) groups excluding carboxylic acids is 1. The Morgan fingerprint density at radius 2 is 1.75 bits per heavy atom. The molecule has 0 N–H and O–H groups in total. The van der Waals surface area contributed by atoms with E-state index in [1.807, 2.05) is 0 Å². The van der Waals surface area contributed by atoms with E-state index >= 15 is 0 Å². The Balaban J connectivity index is 0.00000128. The molecule has 1 saturated heterocycles. The van der Waals surface area contributed by atoms with Crippen LogP contribution in [0.4, 0.5) is 4.39 Å². The summed E-state index contributed by atoms with van der Waals surface area (Å²) in [5.41, 5.74) is 0.194. The van der Waals surface area contributed by atoms with Crippen molar-refractivity contribution in [1.29, 1.82) is 0 Å². The topological polar surface area (TPSA) is 20.3 Å². The van der Waals surface area contributed by atoms with E-state index < -0.39 is 5.82 Å². The van der Waals surface area contributed by atoms with E-state index in [9.17, 15) is 9.18 Å². The van der Waals surface area contributed by atoms with Crippen LogP contribution in [0.25, 0.3) is 0 Å². The molecule has 0 bridgehead atoms. The fourth-order valence-electron chi connectivity index (χ4n) is 1.90. The van der Waals surface area contributed by atoms with Crippen molar-refractivity contribution >= 4 is 18.3 Å². The summed E-state index contributed by atoms with van der Waals surface area (Å²) in [7, 11) is 0. The zero-order valence-corrected chi connectivity index (χ0v) is 9.80. The Kier molecular flexibility index (Phi) is 4.74. The summed E-state index contributed by atoms with van der Waals surface area (Å²) in [6, 6.07) is 6.17. The second-order valence-corrected chi connectivity index (χ2v) is 3.83. The number of rotatable bonds is 1. The molecule has 1 fully saturated rings. The third-order valence-corrected chi connectivity index (χ3v) is 2.75. The Hall–Kier alpha value is -1.09. The molecule has 0 unspecified atom stereocenters. The number of hydrogen-bond acceptors (Lipinski definition) is 1. The number of hydrogen-bond donors (Lipinski definition) is 0. The molecule has 1 aromatic carbocycles. The molecule has 0 radical (unpaired) electrons. The summed E-state index contributed by atoms with van der Waals surface area (Å²) < 4.78 is 13.3. The Bertz CT molecular complexity index is 364. The summed E-state index contributed by atoms with van der Waals surface area (Å²) >= 11 is 0. The van der Waals surface area contributed by atoms with Crippen molar-refractivity contribution in [2.75, 3.05) is 13.1 Å². The Morgan fingerprint density at radius 3 is 2.38 bits per heavy atom. The monoisotopic (exact) mass is 243 g/mol. The van der Waals surface area contributed by atoms with Crippen molar-refractivity contribution in [3.63, 3.8) is 0 Å². The molecule has 0 saturated carbocycles. The zero-order valence-electron chi connectivity index (χ0n) is 8.99. The van der Waals surface area contributed by atoms with Gasteiger partial charge in [0.05, 0.1) is 5.56 Å². The highest BCUT2D eigenvalue weighted by atomic mass is 35.5. The van der Waals surface area contributed by atoms with Gasteiger partial charge in [0.1, 0.15) is 5.82 Å². The van der Waals surface area contributed by atoms with E-state index in [0.717, 1.165) is 25.9 Å². The van der Waals surface area contributed by atoms with Gasteiger partial charge >= 0.3 is 0 Å². The van der Waals surface area contributed by atoms with E-state index in [2.05, 4.69) is 0 Å². The van der Waals surface area contributed by atoms with Crippen LogP contribution in [0.15, 0.2) is 24.3 Å². The predicted octanol–water partition coefficient (Wildman–Crippen LogP) is 2.87. The number of amides is 1. The Morgan fingerprint density at radius 1 is 1.12 bits per heavy atom. The van der Waals surface area contributed by atoms with Crippen LogP contribution in [-0.4, -0.2) is 23.9 Å². The molecule has 2 rings (SSSR count). The number of piperidine rings is 1. The molecule has 0 spiro atoms. The van der Waals surface area contributed by atoms with Crippen LogP contribution < -0.4 is 0 Å². The van der Waals surface area contributed by atoms with Crippen molar-refractivity contribution < 1.29 is 9.18 Å². The van der Waals surface area contributed by atoms with Crippen LogP contribution >= 0.6 is 12.4 Å². The van der Waals surface area contributed by atoms with Gasteiger partial charge in [-0.05, 0) is 31.4 Å². The van der Waals surface area contributed by atoms with Crippen molar-refractivity contribution in [2.45, 2.75) is 19.3 Å². The highest BCUT2D eigenvalue weighted by molar-refractivity contribution is 5.94. The van der Waals surface area contributed by atoms with Crippen LogP contribution in [0, 0.1) is 5.82 Å². The molecule has 1 heterocycles. The maximum absolute atomic E-state index is 13.3. The van der Waals surface area contributed by atoms with E-state index in [1.165, 1.54) is 12.5 Å². The van der Waals surface area contributed by atoms with Gasteiger partial charge in [-0.1, -0.05) is 12.1 Å². The fourth-order valence-corrected chi connectivity index (χ4v) is 1.90. The molecule has 1 aliphatic heterocycles. The van der Waals surface area contributed by atoms with Gasteiger partial charge in [-0.3, -0.25) is 4.79 Å². The molecule has 0 aliphatic carbocycles. The lowest BCUT2D eigenvalue weighted by Gasteiger charge is -2.26. The van der Waals surface area contributed by atoms with Gasteiger partial charge < -0.3 is 4.90 Å². The van der Waals surface area contributed by atoms with Crippen molar-refractivity contribution in [3.8, 4) is 0 Å². The van der Waals surface area contributed by atoms with E-state index in [0.29, 0.717) is 0 Å². The smallest absolute Gasteiger partial charge is 0.256 e. The van der Waals surface area contributed by atoms with Gasteiger partial charge in [-0.15, -0.1) is 12.4 Å². The SMILES string of the molecule is Cl.O=C(c1ccccc1F)N1CCCCC1. The molecule has 16 heavy (non-hydrogen) atoms. The number of carbonyl (C=O) groups is 1. The largest absolute Gasteiger partial charge is 0.339 e. The molecule has 0 atom stereocenters. The van der Waals surface area contributed by atoms with Gasteiger partial charge in [0.2, 0.25) is 0 Å². The third kappa shape index (κ3) is 2.73. The van der Waals surface area contributed by atoms with Crippen molar-refractivity contribution in [1.82, 2.24) is 4.90 Å². The quantitative estimate of drug-likeness (QED) is 0.743. The average Bonchev–Trinajstić information content (AvgIpc) is 2.30. The van der Waals surface area contributed by atoms with Crippen LogP contribution in [0.5, 0.6) is 0 Å². The molecule has 2 nitrogen and oxygen atoms in total. The maximum atomic E-state index is 13.3. The van der Waals surface area contributed by atoms with E-state index in [-0.39, 0.29) is 23.9 Å². The average molecular weight is 244 g/mol. The predicted molar refractivity (Wildman–Crippen MR) is 63.4 cm³/mol. The lowest BCUT2D eigenvalue weighted by molar-refractivity contribution is 0.0719. The second-order valence-electron chi connectivity index (χ2n) is 3.83. The first-order chi connectivity index (χ1) is 7.29. The van der Waals surface area contributed by atoms with Crippen LogP contribution in [0.3, 0.4) is 0 Å². The van der Waals surface area contributed by atoms with Gasteiger partial charge in [0, 0.05) is 13.1 Å². The zero-order chi connectivity index (χ0) is 10.7. The van der Waals surface area contributed by atoms with Gasteiger partial charge in [0.25, 0.3) is 5.91 Å². The minimum Gasteiger partial charge on any atom is -0.339 e. The van der Waals surface area contributed by atoms with E-state index in [4.69, 9.17) is 0 Å². The summed E-state index contributed by atoms with van der Waals surface area (Å²) in [6.07, 6.45) is 3.22. The summed E-state index contributed by atoms with van der Waals surface area (Å²) in [4.78, 5) is 13.6. The molecule has 1 aromatic rings. The van der Waals surface area contributed by atoms with Crippen molar-refractivity contribution in [3.05, 3.63) is 35.6 Å². The Labute approximate surface area is 101 Å². The molecule has 1 amide bonds. The van der Waals surface area contributed by atoms with E-state index in [1.54, 1.807) is 23.1 Å². The highest BCUT2D eigenvalue weighted by Gasteiger charge is 2.20. The molecule has 1 aliphatic rings. The van der Waals surface area contributed by atoms with Gasteiger partial charge in [0.15, 0.2) is 0 Å². The summed E-state index contributed by atoms with van der Waals surface area (Å²) in [5.74, 6) is -0.596. The second kappa shape index (κ2) is 5.85. The lowest BCUT2D eigenvalue weighted by atomic mass is 10.1. The standard InChI is InChI=1S/C12H14FNO.ClH/c13-11-7-3-2-6-10(11)12(15)14-8-4-1-5-9-14;/h2-3,6-7H,1,4-5,8-9H2;1H. The molecular formula is C12H15ClFNO. The maximum Gasteiger partial charge on any atom is 0.256 e. The first-order valence-corrected chi connectivity index (χ1v) is 5.33. The van der Waals surface area contributed by atoms with Crippen LogP contribution in [-0.2, 0) is 0 Å². The lowest BCUT2D eigenvalue weighted by Crippen LogP contribution is -2.36. The van der Waals surface area contributed by atoms with Gasteiger partial charge in [-0.2, -0.15) is 0 Å². The highest BCUT2D eigenvalue weighted by Crippen LogP contribution is 2.14. The normalized spacial score (nSPS) is 15.4. The number of nitrogens with zero attached hydrogens (tertiary/aromatic N) is 1. The fraction of sp³-hybridized carbons (Fsp3) is 0.417. The summed E-state index contributed by atoms with van der Waals surface area (Å²) in [5, 5.41) is 0. The minimum atomic E-state index is -0.423. The van der Waals surface area contributed by atoms with Crippen molar-refractivity contribution in [2.24, 2.45) is 0 Å². The number of benzene rings is 1. The third-order valence-electron chi connectivity index (χ3n) is 2.75. The van der Waals surface area contributed by atoms with Crippen LogP contribution in [0.2, 0.25) is 0 Å². The minimum absolute atomic E-state index is 0. The number of halogens is 2. The first kappa shape index (κ1) is 13.0. The van der Waals surface area contributed by atoms with Crippen LogP contribution in [0.1, 0.15) is 29.6 Å².